The fourth-order valence-electron chi connectivity index (χ4n) is 4.88. The van der Waals surface area contributed by atoms with Gasteiger partial charge in [0, 0.05) is 42.3 Å². The van der Waals surface area contributed by atoms with Crippen molar-refractivity contribution in [2.24, 2.45) is 0 Å². The Morgan fingerprint density at radius 3 is 2.59 bits per heavy atom. The van der Waals surface area contributed by atoms with Crippen molar-refractivity contribution in [3.05, 3.63) is 108 Å². The van der Waals surface area contributed by atoms with Crippen LogP contribution in [0.2, 0.25) is 0 Å². The quantitative estimate of drug-likeness (QED) is 0.330. The van der Waals surface area contributed by atoms with E-state index in [0.717, 1.165) is 34.0 Å². The number of hydrogen-bond acceptors (Lipinski definition) is 4. The summed E-state index contributed by atoms with van der Waals surface area (Å²) in [5.74, 6) is -0.194. The number of ether oxygens (including phenoxy) is 1. The van der Waals surface area contributed by atoms with Gasteiger partial charge in [-0.25, -0.2) is 0 Å². The second kappa shape index (κ2) is 10.5. The molecule has 2 N–H and O–H groups in total. The first-order valence-electron chi connectivity index (χ1n) is 12.1. The Morgan fingerprint density at radius 1 is 1.05 bits per heavy atom. The van der Waals surface area contributed by atoms with E-state index in [1.807, 2.05) is 55.6 Å². The number of methoxy groups -OCH3 is 1. The van der Waals surface area contributed by atoms with E-state index in [1.165, 1.54) is 12.7 Å². The summed E-state index contributed by atoms with van der Waals surface area (Å²) in [4.78, 5) is 18.9. The van der Waals surface area contributed by atoms with Crippen molar-refractivity contribution in [3.8, 4) is 5.69 Å². The number of nitrogens with zero attached hydrogens (tertiary/aromatic N) is 3. The average molecular weight is 512 g/mol. The summed E-state index contributed by atoms with van der Waals surface area (Å²) in [6, 6.07) is 24.1. The number of amides is 1. The molecule has 0 radical (unpaired) electrons. The van der Waals surface area contributed by atoms with Gasteiger partial charge in [-0.3, -0.25) is 9.78 Å². The Labute approximate surface area is 222 Å². The van der Waals surface area contributed by atoms with Crippen LogP contribution in [-0.4, -0.2) is 34.3 Å². The number of carbonyl (C=O) groups excluding carboxylic acids is 1. The number of aromatic nitrogens is 2. The van der Waals surface area contributed by atoms with Crippen molar-refractivity contribution in [2.45, 2.75) is 25.9 Å². The highest BCUT2D eigenvalue weighted by molar-refractivity contribution is 7.80. The van der Waals surface area contributed by atoms with Gasteiger partial charge in [0.25, 0.3) is 0 Å². The van der Waals surface area contributed by atoms with E-state index < -0.39 is 0 Å². The number of anilines is 2. The minimum atomic E-state index is -0.194. The zero-order chi connectivity index (χ0) is 25.9. The first-order chi connectivity index (χ1) is 18.0. The van der Waals surface area contributed by atoms with Crippen LogP contribution >= 0.6 is 12.2 Å². The standard InChI is InChI=1S/C29H29N5O2S/c1-19-9-4-5-11-24(19)33-16-8-12-25(33)28-27(23-10-6-7-15-30-23)32-29(37)34(28)21-13-14-22(20(2)17-21)31-26(35)18-36-3/h4-17,27-28H,18H2,1-3H3,(H,31,35)(H,32,37)/t27-,28-/m0/s1. The number of rotatable bonds is 7. The maximum atomic E-state index is 12.1. The highest BCUT2D eigenvalue weighted by atomic mass is 32.1. The molecule has 188 valence electrons. The number of thiocarbonyl (C=S) groups is 1. The SMILES string of the molecule is COCC(=O)Nc1ccc(N2C(=S)N[C@@H](c3ccccn3)[C@@H]2c2cccn2-c2ccccc2C)cc1C. The van der Waals surface area contributed by atoms with Gasteiger partial charge in [-0.15, -0.1) is 0 Å². The minimum absolute atomic E-state index is 0.00500. The van der Waals surface area contributed by atoms with Gasteiger partial charge in [-0.2, -0.15) is 0 Å². The van der Waals surface area contributed by atoms with E-state index in [2.05, 4.69) is 68.5 Å². The van der Waals surface area contributed by atoms with E-state index in [4.69, 9.17) is 17.0 Å². The van der Waals surface area contributed by atoms with Crippen molar-refractivity contribution in [1.82, 2.24) is 14.9 Å². The van der Waals surface area contributed by atoms with Crippen LogP contribution in [0.1, 0.15) is 34.6 Å². The topological polar surface area (TPSA) is 71.4 Å². The summed E-state index contributed by atoms with van der Waals surface area (Å²) >= 11 is 5.91. The number of para-hydroxylation sites is 1. The molecule has 0 saturated carbocycles. The number of pyridine rings is 1. The lowest BCUT2D eigenvalue weighted by atomic mass is 10.00. The Bertz CT molecular complexity index is 1440. The normalized spacial score (nSPS) is 17.1. The second-order valence-electron chi connectivity index (χ2n) is 9.07. The summed E-state index contributed by atoms with van der Waals surface area (Å²) in [6.45, 7) is 4.09. The van der Waals surface area contributed by atoms with E-state index in [9.17, 15) is 4.79 Å². The Hall–Kier alpha value is -4.01. The van der Waals surface area contributed by atoms with E-state index in [0.29, 0.717) is 5.11 Å². The molecule has 1 aliphatic rings. The van der Waals surface area contributed by atoms with Crippen LogP contribution in [0.5, 0.6) is 0 Å². The third-order valence-electron chi connectivity index (χ3n) is 6.59. The van der Waals surface area contributed by atoms with Crippen molar-refractivity contribution in [1.29, 1.82) is 0 Å². The van der Waals surface area contributed by atoms with E-state index in [-0.39, 0.29) is 24.6 Å². The Kier molecular flexibility index (Phi) is 7.03. The molecule has 1 saturated heterocycles. The van der Waals surface area contributed by atoms with Crippen molar-refractivity contribution < 1.29 is 9.53 Å². The van der Waals surface area contributed by atoms with Crippen molar-refractivity contribution in [3.63, 3.8) is 0 Å². The Balaban J connectivity index is 1.60. The number of carbonyl (C=O) groups is 1. The number of aryl methyl sites for hydroxylation is 2. The third-order valence-corrected chi connectivity index (χ3v) is 6.91. The van der Waals surface area contributed by atoms with Gasteiger partial charge >= 0.3 is 0 Å². The molecule has 3 heterocycles. The number of benzene rings is 2. The first kappa shape index (κ1) is 24.7. The lowest BCUT2D eigenvalue weighted by Gasteiger charge is -2.29. The molecular formula is C29H29N5O2S. The summed E-state index contributed by atoms with van der Waals surface area (Å²) in [5, 5.41) is 7.05. The molecule has 1 amide bonds. The van der Waals surface area contributed by atoms with Crippen molar-refractivity contribution >= 4 is 34.6 Å². The lowest BCUT2D eigenvalue weighted by Crippen LogP contribution is -2.30. The average Bonchev–Trinajstić information content (AvgIpc) is 3.50. The zero-order valence-corrected chi connectivity index (χ0v) is 21.8. The minimum Gasteiger partial charge on any atom is -0.375 e. The molecule has 7 nitrogen and oxygen atoms in total. The van der Waals surface area contributed by atoms with E-state index in [1.54, 1.807) is 0 Å². The predicted molar refractivity (Wildman–Crippen MR) is 150 cm³/mol. The van der Waals surface area contributed by atoms with Crippen LogP contribution in [0.25, 0.3) is 5.69 Å². The van der Waals surface area contributed by atoms with Gasteiger partial charge in [-0.1, -0.05) is 24.3 Å². The molecule has 2 aromatic carbocycles. The predicted octanol–water partition coefficient (Wildman–Crippen LogP) is 5.25. The summed E-state index contributed by atoms with van der Waals surface area (Å²) < 4.78 is 7.17. The molecule has 0 bridgehead atoms. The van der Waals surface area contributed by atoms with Crippen LogP contribution in [0.15, 0.2) is 85.2 Å². The molecular weight excluding hydrogens is 482 g/mol. The van der Waals surface area contributed by atoms with Gasteiger partial charge in [0.2, 0.25) is 5.91 Å². The smallest absolute Gasteiger partial charge is 0.250 e. The van der Waals surface area contributed by atoms with Gasteiger partial charge in [0.05, 0.1) is 11.7 Å². The molecule has 8 heteroatoms. The highest BCUT2D eigenvalue weighted by Crippen LogP contribution is 2.43. The largest absolute Gasteiger partial charge is 0.375 e. The lowest BCUT2D eigenvalue weighted by molar-refractivity contribution is -0.119. The molecule has 2 atom stereocenters. The van der Waals surface area contributed by atoms with Gasteiger partial charge < -0.3 is 24.8 Å². The third kappa shape index (κ3) is 4.85. The Morgan fingerprint density at radius 2 is 1.86 bits per heavy atom. The van der Waals surface area contributed by atoms with E-state index >= 15 is 0 Å². The van der Waals surface area contributed by atoms with Crippen LogP contribution in [0, 0.1) is 13.8 Å². The molecule has 0 spiro atoms. The number of hydrogen-bond donors (Lipinski definition) is 2. The zero-order valence-electron chi connectivity index (χ0n) is 21.0. The molecule has 0 unspecified atom stereocenters. The molecule has 37 heavy (non-hydrogen) atoms. The monoisotopic (exact) mass is 511 g/mol. The van der Waals surface area contributed by atoms with Crippen LogP contribution in [-0.2, 0) is 9.53 Å². The van der Waals surface area contributed by atoms with Crippen LogP contribution < -0.4 is 15.5 Å². The van der Waals surface area contributed by atoms with Crippen LogP contribution in [0.3, 0.4) is 0 Å². The molecule has 5 rings (SSSR count). The summed E-state index contributed by atoms with van der Waals surface area (Å²) in [7, 11) is 1.50. The maximum absolute atomic E-state index is 12.1. The molecule has 0 aliphatic carbocycles. The highest BCUT2D eigenvalue weighted by Gasteiger charge is 2.42. The maximum Gasteiger partial charge on any atom is 0.250 e. The molecule has 4 aromatic rings. The van der Waals surface area contributed by atoms with Gasteiger partial charge in [-0.05, 0) is 85.7 Å². The first-order valence-corrected chi connectivity index (χ1v) is 12.5. The van der Waals surface area contributed by atoms with Gasteiger partial charge in [0.15, 0.2) is 5.11 Å². The second-order valence-corrected chi connectivity index (χ2v) is 9.45. The molecule has 2 aromatic heterocycles. The van der Waals surface area contributed by atoms with Crippen LogP contribution in [0.4, 0.5) is 11.4 Å². The van der Waals surface area contributed by atoms with Crippen molar-refractivity contribution in [2.75, 3.05) is 23.9 Å². The fraction of sp³-hybridized carbons (Fsp3) is 0.207. The summed E-state index contributed by atoms with van der Waals surface area (Å²) in [5.41, 5.74) is 6.90. The molecule has 1 aliphatic heterocycles. The summed E-state index contributed by atoms with van der Waals surface area (Å²) in [6.07, 6.45) is 3.90. The number of nitrogens with one attached hydrogen (secondary N) is 2. The fourth-order valence-corrected chi connectivity index (χ4v) is 5.22. The molecule has 1 fully saturated rings. The van der Waals surface area contributed by atoms with Gasteiger partial charge in [0.1, 0.15) is 12.6 Å².